The van der Waals surface area contributed by atoms with E-state index in [9.17, 15) is 14.4 Å². The molecule has 0 spiro atoms. The van der Waals surface area contributed by atoms with Crippen LogP contribution < -0.4 is 0 Å². The molecule has 2 aromatic rings. The van der Waals surface area contributed by atoms with Crippen molar-refractivity contribution in [2.24, 2.45) is 4.99 Å². The van der Waals surface area contributed by atoms with Gasteiger partial charge in [0.25, 0.3) is 11.8 Å². The molecule has 2 aliphatic rings. The van der Waals surface area contributed by atoms with Crippen molar-refractivity contribution in [2.75, 3.05) is 0 Å². The molecule has 2 heterocycles. The maximum Gasteiger partial charge on any atom is 0.286 e. The molecule has 7 heteroatoms. The predicted molar refractivity (Wildman–Crippen MR) is 105 cm³/mol. The van der Waals surface area contributed by atoms with Crippen LogP contribution in [0.4, 0.5) is 0 Å². The number of hydrogen-bond donors (Lipinski definition) is 0. The molecule has 0 radical (unpaired) electrons. The van der Waals surface area contributed by atoms with E-state index in [2.05, 4.69) is 4.99 Å². The smallest absolute Gasteiger partial charge is 0.275 e. The zero-order chi connectivity index (χ0) is 19.8. The second kappa shape index (κ2) is 7.05. The van der Waals surface area contributed by atoms with Crippen molar-refractivity contribution in [2.45, 2.75) is 19.4 Å². The van der Waals surface area contributed by atoms with Gasteiger partial charge in [0.1, 0.15) is 11.7 Å². The first-order valence-electron chi connectivity index (χ1n) is 8.74. The highest BCUT2D eigenvalue weighted by Gasteiger charge is 2.52. The van der Waals surface area contributed by atoms with E-state index in [1.54, 1.807) is 24.3 Å². The number of nitrogens with zero attached hydrogens (tertiary/aromatic N) is 3. The van der Waals surface area contributed by atoms with Crippen molar-refractivity contribution in [1.82, 2.24) is 9.80 Å². The number of imide groups is 1. The molecule has 6 nitrogen and oxygen atoms in total. The summed E-state index contributed by atoms with van der Waals surface area (Å²) in [6.07, 6.45) is 1.83. The number of amides is 3. The topological polar surface area (TPSA) is 70.1 Å². The van der Waals surface area contributed by atoms with Gasteiger partial charge in [-0.25, -0.2) is 9.89 Å². The fourth-order valence-electron chi connectivity index (χ4n) is 3.38. The third-order valence-corrected chi connectivity index (χ3v) is 5.03. The number of hydrogen-bond acceptors (Lipinski definition) is 4. The standard InChI is InChI=1S/C21H16ClN3O3/c1-13(26)24-18(11-14-7-3-2-4-8-14)20(28)25-19(27)17(23-21(24)25)12-15-9-5-6-10-16(15)22/h2-10,12,18H,11H2,1H3/b17-12+. The Balaban J connectivity index is 1.72. The summed E-state index contributed by atoms with van der Waals surface area (Å²) in [7, 11) is 0. The third kappa shape index (κ3) is 3.01. The van der Waals surface area contributed by atoms with Gasteiger partial charge < -0.3 is 0 Å². The van der Waals surface area contributed by atoms with Gasteiger partial charge in [0.2, 0.25) is 11.9 Å². The van der Waals surface area contributed by atoms with Gasteiger partial charge in [-0.05, 0) is 23.3 Å². The van der Waals surface area contributed by atoms with E-state index in [0.717, 1.165) is 10.5 Å². The van der Waals surface area contributed by atoms with Crippen molar-refractivity contribution in [3.05, 3.63) is 76.4 Å². The average Bonchev–Trinajstić information content (AvgIpc) is 3.13. The first-order valence-corrected chi connectivity index (χ1v) is 9.12. The SMILES string of the molecule is CC(=O)N1C2=N/C(=C/c3ccccc3Cl)C(=O)N2C(=O)C1Cc1ccccc1. The lowest BCUT2D eigenvalue weighted by molar-refractivity contribution is -0.138. The Morgan fingerprint density at radius 3 is 2.46 bits per heavy atom. The second-order valence-corrected chi connectivity index (χ2v) is 6.94. The largest absolute Gasteiger partial charge is 0.286 e. The normalized spacial score (nSPS) is 20.0. The molecule has 4 rings (SSSR count). The quantitative estimate of drug-likeness (QED) is 0.594. The first-order chi connectivity index (χ1) is 13.5. The molecule has 0 saturated carbocycles. The summed E-state index contributed by atoms with van der Waals surface area (Å²) in [5.74, 6) is -1.30. The Morgan fingerprint density at radius 1 is 1.11 bits per heavy atom. The van der Waals surface area contributed by atoms with Crippen LogP contribution in [0.5, 0.6) is 0 Å². The number of halogens is 1. The molecule has 0 aliphatic carbocycles. The van der Waals surface area contributed by atoms with Crippen molar-refractivity contribution >= 4 is 41.4 Å². The Bertz CT molecular complexity index is 1050. The molecule has 3 amide bonds. The van der Waals surface area contributed by atoms with Gasteiger partial charge in [-0.2, -0.15) is 0 Å². The van der Waals surface area contributed by atoms with E-state index in [0.29, 0.717) is 17.0 Å². The van der Waals surface area contributed by atoms with Crippen molar-refractivity contribution in [1.29, 1.82) is 0 Å². The van der Waals surface area contributed by atoms with Gasteiger partial charge in [-0.1, -0.05) is 60.1 Å². The first kappa shape index (κ1) is 18.1. The Hall–Kier alpha value is -3.25. The molecule has 28 heavy (non-hydrogen) atoms. The van der Waals surface area contributed by atoms with Gasteiger partial charge in [-0.15, -0.1) is 0 Å². The van der Waals surface area contributed by atoms with Crippen LogP contribution in [0.3, 0.4) is 0 Å². The van der Waals surface area contributed by atoms with Crippen LogP contribution in [0.2, 0.25) is 5.02 Å². The lowest BCUT2D eigenvalue weighted by atomic mass is 10.0. The number of rotatable bonds is 3. The fraction of sp³-hybridized carbons (Fsp3) is 0.143. The highest BCUT2D eigenvalue weighted by Crippen LogP contribution is 2.30. The highest BCUT2D eigenvalue weighted by atomic mass is 35.5. The molecule has 0 aromatic heterocycles. The zero-order valence-electron chi connectivity index (χ0n) is 15.0. The maximum atomic E-state index is 13.0. The summed E-state index contributed by atoms with van der Waals surface area (Å²) < 4.78 is 0. The van der Waals surface area contributed by atoms with Gasteiger partial charge in [0, 0.05) is 18.4 Å². The molecule has 0 N–H and O–H groups in total. The summed E-state index contributed by atoms with van der Waals surface area (Å²) in [6, 6.07) is 15.6. The van der Waals surface area contributed by atoms with Crippen LogP contribution in [0.1, 0.15) is 18.1 Å². The molecule has 1 unspecified atom stereocenters. The number of aliphatic imine (C=N–C) groups is 1. The van der Waals surface area contributed by atoms with Gasteiger partial charge in [0.05, 0.1) is 0 Å². The van der Waals surface area contributed by atoms with E-state index in [-0.39, 0.29) is 17.6 Å². The average molecular weight is 394 g/mol. The van der Waals surface area contributed by atoms with Crippen molar-refractivity contribution in [3.8, 4) is 0 Å². The summed E-state index contributed by atoms with van der Waals surface area (Å²) >= 11 is 6.14. The Morgan fingerprint density at radius 2 is 1.79 bits per heavy atom. The summed E-state index contributed by atoms with van der Waals surface area (Å²) in [6.45, 7) is 1.36. The molecule has 2 aromatic carbocycles. The number of carbonyl (C=O) groups is 3. The summed E-state index contributed by atoms with van der Waals surface area (Å²) in [5, 5.41) is 0.465. The molecular formula is C21H16ClN3O3. The summed E-state index contributed by atoms with van der Waals surface area (Å²) in [4.78, 5) is 44.6. The maximum absolute atomic E-state index is 13.0. The number of guanidine groups is 1. The minimum absolute atomic E-state index is 0.0572. The van der Waals surface area contributed by atoms with E-state index in [1.165, 1.54) is 17.9 Å². The number of fused-ring (bicyclic) bond motifs is 1. The van der Waals surface area contributed by atoms with Crippen LogP contribution in [-0.4, -0.2) is 39.5 Å². The van der Waals surface area contributed by atoms with Gasteiger partial charge in [-0.3, -0.25) is 19.3 Å². The van der Waals surface area contributed by atoms with Crippen molar-refractivity contribution in [3.63, 3.8) is 0 Å². The predicted octanol–water partition coefficient (Wildman–Crippen LogP) is 2.88. The Labute approximate surface area is 166 Å². The molecule has 1 fully saturated rings. The molecule has 0 bridgehead atoms. The fourth-order valence-corrected chi connectivity index (χ4v) is 3.57. The zero-order valence-corrected chi connectivity index (χ0v) is 15.8. The highest BCUT2D eigenvalue weighted by molar-refractivity contribution is 6.33. The number of benzene rings is 2. The van der Waals surface area contributed by atoms with Crippen LogP contribution in [-0.2, 0) is 20.8 Å². The van der Waals surface area contributed by atoms with E-state index in [1.807, 2.05) is 30.3 Å². The Kier molecular flexibility index (Phi) is 4.57. The summed E-state index contributed by atoms with van der Waals surface area (Å²) in [5.41, 5.74) is 1.58. The van der Waals surface area contributed by atoms with Crippen LogP contribution >= 0.6 is 11.6 Å². The van der Waals surface area contributed by atoms with Crippen LogP contribution in [0.15, 0.2) is 65.3 Å². The molecule has 1 atom stereocenters. The van der Waals surface area contributed by atoms with E-state index >= 15 is 0 Å². The lowest BCUT2D eigenvalue weighted by Crippen LogP contribution is -2.40. The lowest BCUT2D eigenvalue weighted by Gasteiger charge is -2.19. The second-order valence-electron chi connectivity index (χ2n) is 6.54. The van der Waals surface area contributed by atoms with Crippen LogP contribution in [0.25, 0.3) is 6.08 Å². The minimum Gasteiger partial charge on any atom is -0.275 e. The third-order valence-electron chi connectivity index (χ3n) is 4.68. The molecular weight excluding hydrogens is 378 g/mol. The molecule has 140 valence electrons. The monoisotopic (exact) mass is 393 g/mol. The molecule has 2 aliphatic heterocycles. The number of carbonyl (C=O) groups excluding carboxylic acids is 3. The van der Waals surface area contributed by atoms with Gasteiger partial charge in [0.15, 0.2) is 0 Å². The van der Waals surface area contributed by atoms with E-state index < -0.39 is 17.9 Å². The van der Waals surface area contributed by atoms with E-state index in [4.69, 9.17) is 11.6 Å². The minimum atomic E-state index is -0.788. The van der Waals surface area contributed by atoms with Gasteiger partial charge >= 0.3 is 0 Å². The van der Waals surface area contributed by atoms with Crippen LogP contribution in [0, 0.1) is 0 Å². The molecule has 1 saturated heterocycles. The van der Waals surface area contributed by atoms with Crippen molar-refractivity contribution < 1.29 is 14.4 Å².